The average Bonchev–Trinajstić information content (AvgIpc) is 2.89. The lowest BCUT2D eigenvalue weighted by Crippen LogP contribution is -2.51. The highest BCUT2D eigenvalue weighted by molar-refractivity contribution is 7.92. The summed E-state index contributed by atoms with van der Waals surface area (Å²) >= 11 is 12.5. The Kier molecular flexibility index (Phi) is 9.53. The van der Waals surface area contributed by atoms with E-state index >= 15 is 0 Å². The molecule has 3 rings (SSSR count). The van der Waals surface area contributed by atoms with Crippen LogP contribution in [0.4, 0.5) is 10.1 Å². The molecule has 0 aliphatic carbocycles. The highest BCUT2D eigenvalue weighted by Crippen LogP contribution is 2.33. The third kappa shape index (κ3) is 6.80. The maximum Gasteiger partial charge on any atom is 0.264 e. The number of benzene rings is 3. The smallest absolute Gasteiger partial charge is 0.264 e. The van der Waals surface area contributed by atoms with Gasteiger partial charge in [0, 0.05) is 18.6 Å². The van der Waals surface area contributed by atoms with Crippen molar-refractivity contribution in [2.45, 2.75) is 30.8 Å². The number of hydrogen-bond acceptors (Lipinski definition) is 4. The van der Waals surface area contributed by atoms with Crippen LogP contribution >= 0.6 is 23.2 Å². The molecule has 0 saturated carbocycles. The number of rotatable bonds is 10. The molecule has 0 fully saturated rings. The minimum atomic E-state index is -4.27. The lowest BCUT2D eigenvalue weighted by atomic mass is 10.1. The van der Waals surface area contributed by atoms with E-state index in [-0.39, 0.29) is 33.6 Å². The van der Waals surface area contributed by atoms with Crippen LogP contribution in [-0.2, 0) is 26.2 Å². The van der Waals surface area contributed by atoms with Gasteiger partial charge in [-0.25, -0.2) is 12.8 Å². The van der Waals surface area contributed by atoms with Crippen LogP contribution in [0.5, 0.6) is 0 Å². The number of anilines is 1. The molecule has 0 heterocycles. The topological polar surface area (TPSA) is 86.8 Å². The summed E-state index contributed by atoms with van der Waals surface area (Å²) in [6.07, 6.45) is 0.260. The zero-order valence-corrected chi connectivity index (χ0v) is 22.5. The molecular weight excluding hydrogens is 540 g/mol. The average molecular weight is 566 g/mol. The summed E-state index contributed by atoms with van der Waals surface area (Å²) < 4.78 is 41.8. The van der Waals surface area contributed by atoms with Gasteiger partial charge in [0.25, 0.3) is 10.0 Å². The maximum absolute atomic E-state index is 13.8. The molecule has 0 radical (unpaired) electrons. The SMILES string of the molecule is CC[C@@H](C(=O)NC)N(Cc1ccc(F)cc1)C(=O)CN(c1cc(Cl)ccc1Cl)S(=O)(=O)c1ccccc1. The van der Waals surface area contributed by atoms with Crippen LogP contribution < -0.4 is 9.62 Å². The van der Waals surface area contributed by atoms with Crippen molar-refractivity contribution in [2.24, 2.45) is 0 Å². The Hall–Kier alpha value is -3.14. The minimum absolute atomic E-state index is 0.0149. The zero-order chi connectivity index (χ0) is 27.2. The number of nitrogens with zero attached hydrogens (tertiary/aromatic N) is 2. The first-order valence-corrected chi connectivity index (χ1v) is 13.6. The molecule has 2 amide bonds. The van der Waals surface area contributed by atoms with Crippen molar-refractivity contribution in [3.8, 4) is 0 Å². The molecule has 3 aromatic rings. The Morgan fingerprint density at radius 1 is 1.00 bits per heavy atom. The first-order valence-electron chi connectivity index (χ1n) is 11.4. The van der Waals surface area contributed by atoms with Crippen LogP contribution in [0, 0.1) is 5.82 Å². The van der Waals surface area contributed by atoms with Gasteiger partial charge in [0.05, 0.1) is 15.6 Å². The molecule has 3 aromatic carbocycles. The molecular formula is C26H26Cl2FN3O4S. The fraction of sp³-hybridized carbons (Fsp3) is 0.231. The van der Waals surface area contributed by atoms with Gasteiger partial charge in [-0.1, -0.05) is 60.5 Å². The minimum Gasteiger partial charge on any atom is -0.357 e. The Morgan fingerprint density at radius 2 is 1.65 bits per heavy atom. The number of nitrogens with one attached hydrogen (secondary N) is 1. The second kappa shape index (κ2) is 12.4. The number of halogens is 3. The molecule has 1 atom stereocenters. The van der Waals surface area contributed by atoms with Gasteiger partial charge in [-0.05, 0) is 54.4 Å². The van der Waals surface area contributed by atoms with Crippen molar-refractivity contribution in [1.82, 2.24) is 10.2 Å². The molecule has 0 unspecified atom stereocenters. The molecule has 7 nitrogen and oxygen atoms in total. The van der Waals surface area contributed by atoms with E-state index in [1.54, 1.807) is 25.1 Å². The molecule has 1 N–H and O–H groups in total. The van der Waals surface area contributed by atoms with Gasteiger partial charge in [0.15, 0.2) is 0 Å². The number of hydrogen-bond donors (Lipinski definition) is 1. The van der Waals surface area contributed by atoms with Crippen LogP contribution in [0.2, 0.25) is 10.0 Å². The molecule has 0 saturated heterocycles. The summed E-state index contributed by atoms with van der Waals surface area (Å²) in [5.41, 5.74) is 0.580. The van der Waals surface area contributed by atoms with Gasteiger partial charge in [0.2, 0.25) is 11.8 Å². The van der Waals surface area contributed by atoms with Crippen LogP contribution in [0.1, 0.15) is 18.9 Å². The standard InChI is InChI=1S/C26H26Cl2FN3O4S/c1-3-23(26(34)30-2)31(16-18-9-12-20(29)13-10-18)25(33)17-32(24-15-19(27)11-14-22(24)28)37(35,36)21-7-5-4-6-8-21/h4-15,23H,3,16-17H2,1-2H3,(H,30,34)/t23-/m0/s1. The highest BCUT2D eigenvalue weighted by atomic mass is 35.5. The lowest BCUT2D eigenvalue weighted by Gasteiger charge is -2.33. The van der Waals surface area contributed by atoms with Gasteiger partial charge in [-0.3, -0.25) is 13.9 Å². The summed E-state index contributed by atoms with van der Waals surface area (Å²) in [5, 5.41) is 2.83. The van der Waals surface area contributed by atoms with E-state index in [2.05, 4.69) is 5.32 Å². The second-order valence-corrected chi connectivity index (χ2v) is 10.8. The number of carbonyl (C=O) groups is 2. The van der Waals surface area contributed by atoms with E-state index in [9.17, 15) is 22.4 Å². The van der Waals surface area contributed by atoms with Crippen molar-refractivity contribution in [3.63, 3.8) is 0 Å². The summed E-state index contributed by atoms with van der Waals surface area (Å²) in [6, 6.07) is 16.5. The van der Waals surface area contributed by atoms with E-state index in [1.807, 2.05) is 0 Å². The predicted molar refractivity (Wildman–Crippen MR) is 143 cm³/mol. The summed E-state index contributed by atoms with van der Waals surface area (Å²) in [4.78, 5) is 27.7. The molecule has 11 heteroatoms. The van der Waals surface area contributed by atoms with E-state index in [0.717, 1.165) is 4.31 Å². The number of likely N-dealkylation sites (N-methyl/N-ethyl adjacent to an activating group) is 1. The lowest BCUT2D eigenvalue weighted by molar-refractivity contribution is -0.140. The van der Waals surface area contributed by atoms with Crippen LogP contribution in [0.15, 0.2) is 77.7 Å². The van der Waals surface area contributed by atoms with Crippen molar-refractivity contribution in [3.05, 3.63) is 94.2 Å². The Bertz CT molecular complexity index is 1360. The first-order chi connectivity index (χ1) is 17.6. The van der Waals surface area contributed by atoms with E-state index < -0.39 is 40.2 Å². The van der Waals surface area contributed by atoms with Crippen molar-refractivity contribution in [2.75, 3.05) is 17.9 Å². The van der Waals surface area contributed by atoms with Gasteiger partial charge < -0.3 is 10.2 Å². The van der Waals surface area contributed by atoms with E-state index in [0.29, 0.717) is 5.56 Å². The van der Waals surface area contributed by atoms with Gasteiger partial charge in [-0.2, -0.15) is 0 Å². The Labute approximate surface area is 225 Å². The van der Waals surface area contributed by atoms with Gasteiger partial charge in [0.1, 0.15) is 18.4 Å². The molecule has 196 valence electrons. The monoisotopic (exact) mass is 565 g/mol. The molecule has 0 aliphatic rings. The molecule has 37 heavy (non-hydrogen) atoms. The van der Waals surface area contributed by atoms with Crippen LogP contribution in [-0.4, -0.2) is 44.8 Å². The van der Waals surface area contributed by atoms with E-state index in [4.69, 9.17) is 23.2 Å². The summed E-state index contributed by atoms with van der Waals surface area (Å²) in [7, 11) is -2.82. The number of sulfonamides is 1. The van der Waals surface area contributed by atoms with Crippen molar-refractivity contribution in [1.29, 1.82) is 0 Å². The number of carbonyl (C=O) groups excluding carboxylic acids is 2. The quantitative estimate of drug-likeness (QED) is 0.379. The van der Waals surface area contributed by atoms with E-state index in [1.165, 1.54) is 66.5 Å². The highest BCUT2D eigenvalue weighted by Gasteiger charge is 2.34. The van der Waals surface area contributed by atoms with Crippen molar-refractivity contribution < 1.29 is 22.4 Å². The maximum atomic E-state index is 13.8. The molecule has 0 bridgehead atoms. The first kappa shape index (κ1) is 28.4. The third-order valence-corrected chi connectivity index (χ3v) is 8.01. The van der Waals surface area contributed by atoms with Crippen LogP contribution in [0.25, 0.3) is 0 Å². The number of amides is 2. The second-order valence-electron chi connectivity index (χ2n) is 8.11. The summed E-state index contributed by atoms with van der Waals surface area (Å²) in [5.74, 6) is -1.53. The fourth-order valence-electron chi connectivity index (χ4n) is 3.78. The fourth-order valence-corrected chi connectivity index (χ4v) is 5.66. The normalized spacial score (nSPS) is 12.0. The molecule has 0 aliphatic heterocycles. The summed E-state index contributed by atoms with van der Waals surface area (Å²) in [6.45, 7) is 1.02. The molecule has 0 spiro atoms. The van der Waals surface area contributed by atoms with Crippen LogP contribution in [0.3, 0.4) is 0 Å². The predicted octanol–water partition coefficient (Wildman–Crippen LogP) is 4.88. The zero-order valence-electron chi connectivity index (χ0n) is 20.2. The Morgan fingerprint density at radius 3 is 2.24 bits per heavy atom. The Balaban J connectivity index is 2.09. The third-order valence-electron chi connectivity index (χ3n) is 5.69. The van der Waals surface area contributed by atoms with Gasteiger partial charge >= 0.3 is 0 Å². The van der Waals surface area contributed by atoms with Gasteiger partial charge in [-0.15, -0.1) is 0 Å². The molecule has 0 aromatic heterocycles. The largest absolute Gasteiger partial charge is 0.357 e. The van der Waals surface area contributed by atoms with Crippen molar-refractivity contribution >= 4 is 50.7 Å².